The van der Waals surface area contributed by atoms with Gasteiger partial charge in [-0.15, -0.1) is 0 Å². The number of anilines is 1. The van der Waals surface area contributed by atoms with Crippen LogP contribution in [0.5, 0.6) is 17.2 Å². The molecule has 2 aliphatic heterocycles. The van der Waals surface area contributed by atoms with Crippen LogP contribution >= 0.6 is 11.6 Å². The molecule has 2 aliphatic rings. The molecule has 2 amide bonds. The summed E-state index contributed by atoms with van der Waals surface area (Å²) in [6, 6.07) is 3.91. The zero-order chi connectivity index (χ0) is 25.3. The largest absolute Gasteiger partial charge is 0.496 e. The van der Waals surface area contributed by atoms with E-state index in [1.807, 2.05) is 0 Å². The predicted molar refractivity (Wildman–Crippen MR) is 123 cm³/mol. The van der Waals surface area contributed by atoms with Crippen LogP contribution in [0.15, 0.2) is 34.3 Å². The topological polar surface area (TPSA) is 103 Å². The maximum Gasteiger partial charge on any atom is 0.324 e. The Morgan fingerprint density at radius 1 is 1.03 bits per heavy atom. The van der Waals surface area contributed by atoms with Gasteiger partial charge in [-0.2, -0.15) is 4.99 Å². The summed E-state index contributed by atoms with van der Waals surface area (Å²) in [5, 5.41) is 2.89. The number of urea groups is 1. The Kier molecular flexibility index (Phi) is 6.83. The van der Waals surface area contributed by atoms with Gasteiger partial charge in [0.25, 0.3) is 0 Å². The lowest BCUT2D eigenvalue weighted by Gasteiger charge is -2.27. The number of carbonyl (C=O) groups excluding carboxylic acids is 1. The van der Waals surface area contributed by atoms with Gasteiger partial charge >= 0.3 is 12.1 Å². The molecule has 0 spiro atoms. The summed E-state index contributed by atoms with van der Waals surface area (Å²) >= 11 is 6.48. The summed E-state index contributed by atoms with van der Waals surface area (Å²) in [6.45, 7) is -0.394. The molecule has 2 atom stereocenters. The van der Waals surface area contributed by atoms with Gasteiger partial charge in [0.15, 0.2) is 29.3 Å². The quantitative estimate of drug-likeness (QED) is 0.638. The van der Waals surface area contributed by atoms with Crippen LogP contribution in [-0.2, 0) is 16.1 Å². The van der Waals surface area contributed by atoms with E-state index in [4.69, 9.17) is 35.3 Å². The molecule has 0 aliphatic carbocycles. The van der Waals surface area contributed by atoms with Gasteiger partial charge in [-0.3, -0.25) is 4.90 Å². The summed E-state index contributed by atoms with van der Waals surface area (Å²) < 4.78 is 54.8. The van der Waals surface area contributed by atoms with Crippen molar-refractivity contribution in [3.05, 3.63) is 46.5 Å². The smallest absolute Gasteiger partial charge is 0.324 e. The van der Waals surface area contributed by atoms with Crippen LogP contribution in [0.25, 0.3) is 0 Å². The molecule has 1 saturated heterocycles. The highest BCUT2D eigenvalue weighted by Crippen LogP contribution is 2.41. The highest BCUT2D eigenvalue weighted by Gasteiger charge is 2.47. The Hall–Kier alpha value is -3.80. The fourth-order valence-corrected chi connectivity index (χ4v) is 3.97. The number of nitrogens with one attached hydrogen (secondary N) is 1. The number of rotatable bonds is 6. The number of halogens is 3. The number of amidine groups is 1. The molecule has 0 radical (unpaired) electrons. The molecule has 0 saturated carbocycles. The molecule has 2 unspecified atom stereocenters. The number of nitrogens with zero attached hydrogens (tertiary/aromatic N) is 3. The average Bonchev–Trinajstić information content (AvgIpc) is 3.19. The van der Waals surface area contributed by atoms with Gasteiger partial charge < -0.3 is 29.0 Å². The van der Waals surface area contributed by atoms with Crippen molar-refractivity contribution in [1.29, 1.82) is 0 Å². The Morgan fingerprint density at radius 2 is 1.77 bits per heavy atom. The number of methoxy groups -OCH3 is 4. The van der Waals surface area contributed by atoms with E-state index in [2.05, 4.69) is 15.3 Å². The highest BCUT2D eigenvalue weighted by molar-refractivity contribution is 6.34. The van der Waals surface area contributed by atoms with E-state index in [9.17, 15) is 13.6 Å². The molecule has 0 bridgehead atoms. The Balaban J connectivity index is 1.71. The van der Waals surface area contributed by atoms with Crippen LogP contribution in [-0.4, -0.2) is 58.6 Å². The van der Waals surface area contributed by atoms with E-state index >= 15 is 0 Å². The fraction of sp³-hybridized carbons (Fsp3) is 0.318. The van der Waals surface area contributed by atoms with Crippen molar-refractivity contribution in [3.8, 4) is 17.2 Å². The van der Waals surface area contributed by atoms with E-state index in [0.29, 0.717) is 0 Å². The molecule has 35 heavy (non-hydrogen) atoms. The maximum atomic E-state index is 14.4. The average molecular weight is 511 g/mol. The first kappa shape index (κ1) is 24.3. The van der Waals surface area contributed by atoms with Crippen LogP contribution in [0.1, 0.15) is 5.56 Å². The zero-order valence-electron chi connectivity index (χ0n) is 19.1. The van der Waals surface area contributed by atoms with Crippen molar-refractivity contribution in [2.75, 3.05) is 33.3 Å². The second kappa shape index (κ2) is 9.82. The third kappa shape index (κ3) is 4.36. The first-order valence-corrected chi connectivity index (χ1v) is 10.6. The maximum absolute atomic E-state index is 14.4. The van der Waals surface area contributed by atoms with Crippen LogP contribution < -0.4 is 24.4 Å². The number of fused-ring (bicyclic) bond motifs is 1. The van der Waals surface area contributed by atoms with Crippen molar-refractivity contribution in [2.24, 2.45) is 9.98 Å². The summed E-state index contributed by atoms with van der Waals surface area (Å²) in [7, 11) is 5.51. The van der Waals surface area contributed by atoms with Gasteiger partial charge in [0.1, 0.15) is 18.4 Å². The third-order valence-corrected chi connectivity index (χ3v) is 5.71. The molecule has 4 rings (SSSR count). The molecule has 2 heterocycles. The van der Waals surface area contributed by atoms with E-state index in [-0.39, 0.29) is 45.4 Å². The Bertz CT molecular complexity index is 1220. The molecule has 1 N–H and O–H groups in total. The van der Waals surface area contributed by atoms with Crippen molar-refractivity contribution in [2.45, 2.75) is 18.8 Å². The van der Waals surface area contributed by atoms with Gasteiger partial charge in [-0.25, -0.2) is 18.6 Å². The number of ether oxygens (including phenoxy) is 5. The van der Waals surface area contributed by atoms with E-state index in [1.54, 1.807) is 0 Å². The highest BCUT2D eigenvalue weighted by atomic mass is 35.5. The minimum absolute atomic E-state index is 0.0133. The van der Waals surface area contributed by atoms with Gasteiger partial charge in [-0.1, -0.05) is 11.6 Å². The lowest BCUT2D eigenvalue weighted by atomic mass is 10.2. The number of carbonyl (C=O) groups is 1. The number of benzene rings is 2. The second-order valence-electron chi connectivity index (χ2n) is 7.27. The van der Waals surface area contributed by atoms with E-state index < -0.39 is 36.5 Å². The summed E-state index contributed by atoms with van der Waals surface area (Å²) in [5.41, 5.74) is 0.0864. The van der Waals surface area contributed by atoms with E-state index in [0.717, 1.165) is 6.07 Å². The first-order chi connectivity index (χ1) is 16.8. The number of hydrogen-bond acceptors (Lipinski definition) is 8. The minimum atomic E-state index is -1.10. The standard InChI is InChI=1S/C22H21ClF2N4O6/c1-31-14-6-5-12(24)17(25)10(14)9-35-16-8-13(11(23)7-15(16)32-2)29-19-18(26-22(29)30)20(33-3)28-21(27-19)34-4/h5-8,18-19H,9H2,1-4H3,(H,26,30). The molecule has 0 aromatic heterocycles. The second-order valence-corrected chi connectivity index (χ2v) is 7.67. The van der Waals surface area contributed by atoms with Gasteiger partial charge in [-0.05, 0) is 12.1 Å². The van der Waals surface area contributed by atoms with E-state index in [1.165, 1.54) is 51.5 Å². The Labute approximate surface area is 204 Å². The van der Waals surface area contributed by atoms with Gasteiger partial charge in [0, 0.05) is 12.1 Å². The minimum Gasteiger partial charge on any atom is -0.496 e. The third-order valence-electron chi connectivity index (χ3n) is 5.40. The molecule has 10 nitrogen and oxygen atoms in total. The number of aliphatic imine (C=N–C) groups is 2. The zero-order valence-corrected chi connectivity index (χ0v) is 19.9. The van der Waals surface area contributed by atoms with Gasteiger partial charge in [0.05, 0.1) is 44.7 Å². The molecule has 186 valence electrons. The lowest BCUT2D eigenvalue weighted by Crippen LogP contribution is -2.45. The first-order valence-electron chi connectivity index (χ1n) is 10.2. The van der Waals surface area contributed by atoms with Crippen molar-refractivity contribution in [3.63, 3.8) is 0 Å². The summed E-state index contributed by atoms with van der Waals surface area (Å²) in [6.07, 6.45) is -0.829. The van der Waals surface area contributed by atoms with Crippen LogP contribution in [0, 0.1) is 11.6 Å². The SMILES string of the molecule is COC1=NC2C(NC(=O)N2c2cc(OCc3c(OC)ccc(F)c3F)c(OC)cc2Cl)C(OC)=N1. The fourth-order valence-electron chi connectivity index (χ4n) is 3.73. The number of hydrogen-bond donors (Lipinski definition) is 1. The molecule has 13 heteroatoms. The molecule has 2 aromatic rings. The number of amides is 2. The summed E-state index contributed by atoms with van der Waals surface area (Å²) in [4.78, 5) is 22.7. The lowest BCUT2D eigenvalue weighted by molar-refractivity contribution is 0.251. The van der Waals surface area contributed by atoms with Crippen molar-refractivity contribution >= 4 is 35.2 Å². The van der Waals surface area contributed by atoms with Crippen molar-refractivity contribution < 1.29 is 37.3 Å². The molecule has 1 fully saturated rings. The molecule has 2 aromatic carbocycles. The molecular formula is C22H21ClF2N4O6. The predicted octanol–water partition coefficient (Wildman–Crippen LogP) is 3.50. The van der Waals surface area contributed by atoms with Crippen LogP contribution in [0.2, 0.25) is 5.02 Å². The normalized spacial score (nSPS) is 18.8. The Morgan fingerprint density at radius 3 is 2.43 bits per heavy atom. The van der Waals surface area contributed by atoms with Crippen LogP contribution in [0.4, 0.5) is 19.3 Å². The van der Waals surface area contributed by atoms with Gasteiger partial charge in [0.2, 0.25) is 5.90 Å². The van der Waals surface area contributed by atoms with Crippen molar-refractivity contribution in [1.82, 2.24) is 5.32 Å². The monoisotopic (exact) mass is 510 g/mol. The summed E-state index contributed by atoms with van der Waals surface area (Å²) in [5.74, 6) is -1.53. The van der Waals surface area contributed by atoms with Crippen LogP contribution in [0.3, 0.4) is 0 Å². The molecular weight excluding hydrogens is 490 g/mol.